The number of anilines is 2. The average molecular weight is 527 g/mol. The molecule has 1 aliphatic heterocycles. The monoisotopic (exact) mass is 526 g/mol. The van der Waals surface area contributed by atoms with Gasteiger partial charge in [-0.25, -0.2) is 11.0 Å². The first kappa shape index (κ1) is 27.8. The summed E-state index contributed by atoms with van der Waals surface area (Å²) in [4.78, 5) is 51.7. The zero-order valence-electron chi connectivity index (χ0n) is 20.1. The van der Waals surface area contributed by atoms with E-state index in [1.807, 2.05) is 0 Å². The van der Waals surface area contributed by atoms with Crippen molar-refractivity contribution in [2.45, 2.75) is 12.8 Å². The van der Waals surface area contributed by atoms with Crippen molar-refractivity contribution in [3.05, 3.63) is 59.7 Å². The molecule has 38 heavy (non-hydrogen) atoms. The molecule has 2 aromatic rings. The largest absolute Gasteiger partial charge is 0.410 e. The predicted molar refractivity (Wildman–Crippen MR) is 134 cm³/mol. The molecule has 2 amide bonds. The van der Waals surface area contributed by atoms with E-state index in [2.05, 4.69) is 20.1 Å². The van der Waals surface area contributed by atoms with E-state index in [1.165, 1.54) is 11.0 Å². The number of nitrogens with zero attached hydrogens (tertiary/aromatic N) is 4. The van der Waals surface area contributed by atoms with Gasteiger partial charge in [-0.05, 0) is 48.5 Å². The van der Waals surface area contributed by atoms with Crippen LogP contribution in [-0.4, -0.2) is 81.8 Å². The maximum atomic E-state index is 12.4. The standard InChI is InChI=1S/C24H26N6O8/c31-21(13-19(25-35)23(33)27-37)15-1-5-17(6-2-15)29-9-11-30(12-10-29)18-7-3-16(4-8-18)22(32)14-20(26-36)24(34)28-38/h1-8,35-38H,9-14H2,(H,27,33)(H,28,34)/b25-19+,26-20+. The normalized spacial score (nSPS) is 14.2. The third-order valence-electron chi connectivity index (χ3n) is 6.01. The van der Waals surface area contributed by atoms with Crippen molar-refractivity contribution in [2.75, 3.05) is 36.0 Å². The number of nitrogens with one attached hydrogen (secondary N) is 2. The molecule has 200 valence electrons. The molecule has 1 aliphatic rings. The summed E-state index contributed by atoms with van der Waals surface area (Å²) in [5.74, 6) is -3.02. The van der Waals surface area contributed by atoms with Crippen LogP contribution in [0.3, 0.4) is 0 Å². The summed E-state index contributed by atoms with van der Waals surface area (Å²) in [6.45, 7) is 2.77. The smallest absolute Gasteiger partial charge is 0.292 e. The highest BCUT2D eigenvalue weighted by Gasteiger charge is 2.21. The second kappa shape index (κ2) is 12.9. The predicted octanol–water partition coefficient (Wildman–Crippen LogP) is 0.830. The number of Topliss-reactive ketones (excluding diaryl/α,β-unsaturated/α-hetero) is 2. The SMILES string of the molecule is O=C(NO)/C(CC(=O)c1ccc(N2CCN(c3ccc(C(=O)C/C(=N\O)C(=O)NO)cc3)CC2)cc1)=N/O. The molecule has 2 aromatic carbocycles. The van der Waals surface area contributed by atoms with Gasteiger partial charge in [0.05, 0.1) is 12.8 Å². The molecular formula is C24H26N6O8. The molecule has 0 aliphatic carbocycles. The lowest BCUT2D eigenvalue weighted by Crippen LogP contribution is -2.46. The van der Waals surface area contributed by atoms with Gasteiger partial charge in [0.2, 0.25) is 0 Å². The highest BCUT2D eigenvalue weighted by molar-refractivity contribution is 6.42. The molecule has 0 bridgehead atoms. The van der Waals surface area contributed by atoms with Crippen LogP contribution in [0.2, 0.25) is 0 Å². The molecule has 0 unspecified atom stereocenters. The van der Waals surface area contributed by atoms with Crippen LogP contribution in [0.1, 0.15) is 33.6 Å². The van der Waals surface area contributed by atoms with Crippen molar-refractivity contribution in [1.82, 2.24) is 11.0 Å². The van der Waals surface area contributed by atoms with Crippen molar-refractivity contribution in [3.63, 3.8) is 0 Å². The Morgan fingerprint density at radius 3 is 1.21 bits per heavy atom. The fourth-order valence-corrected chi connectivity index (χ4v) is 3.90. The Balaban J connectivity index is 1.55. The van der Waals surface area contributed by atoms with Gasteiger partial charge in [0.1, 0.15) is 0 Å². The number of carbonyl (C=O) groups excluding carboxylic acids is 4. The molecule has 0 spiro atoms. The Labute approximate surface area is 216 Å². The van der Waals surface area contributed by atoms with Crippen LogP contribution in [-0.2, 0) is 9.59 Å². The first-order valence-electron chi connectivity index (χ1n) is 11.4. The van der Waals surface area contributed by atoms with E-state index < -0.39 is 47.6 Å². The molecule has 14 heteroatoms. The van der Waals surface area contributed by atoms with E-state index in [9.17, 15) is 19.2 Å². The fraction of sp³-hybridized carbons (Fsp3) is 0.250. The Kier molecular flexibility index (Phi) is 9.45. The Morgan fingerprint density at radius 1 is 0.632 bits per heavy atom. The van der Waals surface area contributed by atoms with E-state index in [1.54, 1.807) is 48.5 Å². The molecule has 1 heterocycles. The molecule has 0 atom stereocenters. The summed E-state index contributed by atoms with van der Waals surface area (Å²) in [5, 5.41) is 40.5. The quantitative estimate of drug-likeness (QED) is 0.0845. The topological polar surface area (TPSA) is 204 Å². The third-order valence-corrected chi connectivity index (χ3v) is 6.01. The third kappa shape index (κ3) is 6.68. The second-order valence-electron chi connectivity index (χ2n) is 8.24. The summed E-state index contributed by atoms with van der Waals surface area (Å²) in [6, 6.07) is 13.6. The summed E-state index contributed by atoms with van der Waals surface area (Å²) in [7, 11) is 0. The van der Waals surface area contributed by atoms with Gasteiger partial charge in [-0.15, -0.1) is 0 Å². The van der Waals surface area contributed by atoms with Gasteiger partial charge in [0.25, 0.3) is 11.8 Å². The average Bonchev–Trinajstić information content (AvgIpc) is 2.97. The van der Waals surface area contributed by atoms with Crippen molar-refractivity contribution < 1.29 is 40.0 Å². The lowest BCUT2D eigenvalue weighted by molar-refractivity contribution is -0.123. The molecule has 0 aromatic heterocycles. The van der Waals surface area contributed by atoms with Crippen LogP contribution in [0.25, 0.3) is 0 Å². The highest BCUT2D eigenvalue weighted by Crippen LogP contribution is 2.22. The van der Waals surface area contributed by atoms with Gasteiger partial charge in [-0.3, -0.25) is 29.6 Å². The molecular weight excluding hydrogens is 500 g/mol. The molecule has 6 N–H and O–H groups in total. The zero-order chi connectivity index (χ0) is 27.7. The first-order chi connectivity index (χ1) is 18.3. The maximum absolute atomic E-state index is 12.4. The Hall–Kier alpha value is -4.82. The molecule has 0 saturated carbocycles. The lowest BCUT2D eigenvalue weighted by atomic mass is 10.0. The van der Waals surface area contributed by atoms with Gasteiger partial charge < -0.3 is 20.2 Å². The van der Waals surface area contributed by atoms with E-state index >= 15 is 0 Å². The number of carbonyl (C=O) groups is 4. The maximum Gasteiger partial charge on any atom is 0.292 e. The first-order valence-corrected chi connectivity index (χ1v) is 11.4. The number of rotatable bonds is 10. The molecule has 1 fully saturated rings. The van der Waals surface area contributed by atoms with Crippen molar-refractivity contribution in [2.24, 2.45) is 10.3 Å². The second-order valence-corrected chi connectivity index (χ2v) is 8.24. The molecule has 14 nitrogen and oxygen atoms in total. The molecule has 3 rings (SSSR count). The van der Waals surface area contributed by atoms with E-state index in [-0.39, 0.29) is 0 Å². The van der Waals surface area contributed by atoms with Gasteiger partial charge in [-0.1, -0.05) is 10.3 Å². The summed E-state index contributed by atoms with van der Waals surface area (Å²) >= 11 is 0. The van der Waals surface area contributed by atoms with Crippen LogP contribution in [0.5, 0.6) is 0 Å². The molecule has 1 saturated heterocycles. The van der Waals surface area contributed by atoms with Crippen molar-refractivity contribution in [3.8, 4) is 0 Å². The van der Waals surface area contributed by atoms with Gasteiger partial charge >= 0.3 is 0 Å². The van der Waals surface area contributed by atoms with Crippen molar-refractivity contribution >= 4 is 46.2 Å². The zero-order valence-corrected chi connectivity index (χ0v) is 20.1. The lowest BCUT2D eigenvalue weighted by Gasteiger charge is -2.37. The van der Waals surface area contributed by atoms with E-state index in [0.717, 1.165) is 11.4 Å². The van der Waals surface area contributed by atoms with Gasteiger partial charge in [0.15, 0.2) is 23.0 Å². The number of hydrogen-bond acceptors (Lipinski definition) is 12. The molecule has 0 radical (unpaired) electrons. The summed E-state index contributed by atoms with van der Waals surface area (Å²) in [6.07, 6.45) is -0.945. The van der Waals surface area contributed by atoms with E-state index in [0.29, 0.717) is 37.3 Å². The van der Waals surface area contributed by atoms with Gasteiger partial charge in [-0.2, -0.15) is 0 Å². The Bertz CT molecular complexity index is 1140. The number of amides is 2. The number of hydroxylamine groups is 2. The van der Waals surface area contributed by atoms with Crippen molar-refractivity contribution in [1.29, 1.82) is 0 Å². The van der Waals surface area contributed by atoms with Crippen LogP contribution in [0.15, 0.2) is 58.8 Å². The van der Waals surface area contributed by atoms with Crippen LogP contribution < -0.4 is 20.8 Å². The van der Waals surface area contributed by atoms with Crippen LogP contribution in [0, 0.1) is 0 Å². The highest BCUT2D eigenvalue weighted by atomic mass is 16.5. The number of ketones is 2. The van der Waals surface area contributed by atoms with Gasteiger partial charge in [0, 0.05) is 48.7 Å². The van der Waals surface area contributed by atoms with E-state index in [4.69, 9.17) is 20.8 Å². The Morgan fingerprint density at radius 2 is 0.947 bits per heavy atom. The summed E-state index contributed by atoms with van der Waals surface area (Å²) < 4.78 is 0. The minimum atomic E-state index is -1.06. The fourth-order valence-electron chi connectivity index (χ4n) is 3.90. The van der Waals surface area contributed by atoms with Crippen LogP contribution in [0.4, 0.5) is 11.4 Å². The van der Waals surface area contributed by atoms with Crippen LogP contribution >= 0.6 is 0 Å². The summed E-state index contributed by atoms with van der Waals surface area (Å²) in [5.41, 5.74) is 4.08. The minimum Gasteiger partial charge on any atom is -0.410 e. The number of hydrogen-bond donors (Lipinski definition) is 6. The number of oxime groups is 2. The number of benzene rings is 2. The number of piperazine rings is 1. The minimum absolute atomic E-state index is 0.322.